The summed E-state index contributed by atoms with van der Waals surface area (Å²) < 4.78 is 41.5. The normalized spacial score (nSPS) is 12.9. The van der Waals surface area contributed by atoms with Gasteiger partial charge in [-0.15, -0.1) is 0 Å². The Morgan fingerprint density at radius 3 is 2.61 bits per heavy atom. The summed E-state index contributed by atoms with van der Waals surface area (Å²) in [6, 6.07) is 3.00. The molecule has 0 saturated carbocycles. The van der Waals surface area contributed by atoms with Gasteiger partial charge in [-0.25, -0.2) is 9.78 Å². The third-order valence-electron chi connectivity index (χ3n) is 2.12. The monoisotopic (exact) mass is 261 g/mol. The van der Waals surface area contributed by atoms with E-state index in [1.807, 2.05) is 0 Å². The molecule has 1 unspecified atom stereocenters. The molecule has 98 valence electrons. The number of hydrogen-bond donors (Lipinski definition) is 1. The number of hydrogen-bond acceptors (Lipinski definition) is 4. The Morgan fingerprint density at radius 2 is 2.11 bits per heavy atom. The highest BCUT2D eigenvalue weighted by Gasteiger charge is 2.33. The quantitative estimate of drug-likeness (QED) is 0.666. The zero-order valence-corrected chi connectivity index (χ0v) is 9.36. The molecule has 0 spiro atoms. The number of carbonyl (C=O) groups is 1. The van der Waals surface area contributed by atoms with Gasteiger partial charge in [0.15, 0.2) is 0 Å². The van der Waals surface area contributed by atoms with Gasteiger partial charge in [0.05, 0.1) is 18.4 Å². The van der Waals surface area contributed by atoms with Gasteiger partial charge in [-0.3, -0.25) is 0 Å². The second-order valence-corrected chi connectivity index (χ2v) is 3.36. The van der Waals surface area contributed by atoms with Crippen LogP contribution in [0.25, 0.3) is 0 Å². The molecule has 1 N–H and O–H groups in total. The lowest BCUT2D eigenvalue weighted by Gasteiger charge is -2.13. The molecule has 7 heteroatoms. The first kappa shape index (κ1) is 14.2. The van der Waals surface area contributed by atoms with Crippen LogP contribution in [0.15, 0.2) is 30.4 Å². The molecule has 1 aromatic heterocycles. The van der Waals surface area contributed by atoms with Crippen LogP contribution in [0, 0.1) is 0 Å². The molecule has 0 aliphatic carbocycles. The SMILES string of the molecule is C=C(C(=O)OC)C(O)c1cccc(C(F)(F)F)n1. The Hall–Kier alpha value is -1.89. The number of aliphatic hydroxyl groups excluding tert-OH is 1. The number of rotatable bonds is 3. The largest absolute Gasteiger partial charge is 0.466 e. The fourth-order valence-corrected chi connectivity index (χ4v) is 1.18. The third-order valence-corrected chi connectivity index (χ3v) is 2.12. The number of aromatic nitrogens is 1. The van der Waals surface area contributed by atoms with Gasteiger partial charge < -0.3 is 9.84 Å². The van der Waals surface area contributed by atoms with Gasteiger partial charge in [0.25, 0.3) is 0 Å². The van der Waals surface area contributed by atoms with E-state index in [0.717, 1.165) is 25.3 Å². The predicted octanol–water partition coefficient (Wildman–Crippen LogP) is 1.86. The molecule has 1 rings (SSSR count). The van der Waals surface area contributed by atoms with E-state index < -0.39 is 23.9 Å². The summed E-state index contributed by atoms with van der Waals surface area (Å²) >= 11 is 0. The van der Waals surface area contributed by atoms with Crippen molar-refractivity contribution in [2.45, 2.75) is 12.3 Å². The highest BCUT2D eigenvalue weighted by Crippen LogP contribution is 2.29. The maximum Gasteiger partial charge on any atom is 0.433 e. The van der Waals surface area contributed by atoms with Crippen molar-refractivity contribution in [2.75, 3.05) is 7.11 Å². The van der Waals surface area contributed by atoms with Crippen molar-refractivity contribution in [1.82, 2.24) is 4.98 Å². The molecular weight excluding hydrogens is 251 g/mol. The van der Waals surface area contributed by atoms with Crippen LogP contribution in [0.5, 0.6) is 0 Å². The molecule has 4 nitrogen and oxygen atoms in total. The molecule has 0 saturated heterocycles. The van der Waals surface area contributed by atoms with E-state index in [1.54, 1.807) is 0 Å². The topological polar surface area (TPSA) is 59.4 Å². The maximum absolute atomic E-state index is 12.4. The van der Waals surface area contributed by atoms with Crippen LogP contribution in [0.1, 0.15) is 17.5 Å². The zero-order valence-electron chi connectivity index (χ0n) is 9.36. The van der Waals surface area contributed by atoms with E-state index in [9.17, 15) is 23.1 Å². The van der Waals surface area contributed by atoms with Gasteiger partial charge in [0.1, 0.15) is 11.8 Å². The smallest absolute Gasteiger partial charge is 0.433 e. The van der Waals surface area contributed by atoms with Crippen LogP contribution in [-0.2, 0) is 15.7 Å². The van der Waals surface area contributed by atoms with Crippen molar-refractivity contribution >= 4 is 5.97 Å². The maximum atomic E-state index is 12.4. The van der Waals surface area contributed by atoms with Gasteiger partial charge in [0.2, 0.25) is 0 Å². The van der Waals surface area contributed by atoms with Crippen molar-refractivity contribution in [3.05, 3.63) is 41.7 Å². The molecule has 1 heterocycles. The first-order valence-electron chi connectivity index (χ1n) is 4.76. The molecule has 0 amide bonds. The molecular formula is C11H10F3NO3. The summed E-state index contributed by atoms with van der Waals surface area (Å²) in [6.07, 6.45) is -6.26. The number of esters is 1. The summed E-state index contributed by atoms with van der Waals surface area (Å²) in [5, 5.41) is 9.65. The van der Waals surface area contributed by atoms with Crippen LogP contribution in [-0.4, -0.2) is 23.2 Å². The number of carbonyl (C=O) groups excluding carboxylic acids is 1. The van der Waals surface area contributed by atoms with Gasteiger partial charge in [-0.05, 0) is 12.1 Å². The van der Waals surface area contributed by atoms with Crippen LogP contribution in [0.3, 0.4) is 0 Å². The Morgan fingerprint density at radius 1 is 1.50 bits per heavy atom. The van der Waals surface area contributed by atoms with Crippen LogP contribution in [0.2, 0.25) is 0 Å². The van der Waals surface area contributed by atoms with Gasteiger partial charge in [0, 0.05) is 0 Å². The van der Waals surface area contributed by atoms with Crippen LogP contribution < -0.4 is 0 Å². The van der Waals surface area contributed by atoms with E-state index in [1.165, 1.54) is 0 Å². The number of nitrogens with zero attached hydrogens (tertiary/aromatic N) is 1. The molecule has 0 radical (unpaired) electrons. The summed E-state index contributed by atoms with van der Waals surface area (Å²) in [5.41, 5.74) is -1.86. The Kier molecular flexibility index (Phi) is 4.07. The molecule has 1 aromatic rings. The number of alkyl halides is 3. The Balaban J connectivity index is 3.04. The molecule has 18 heavy (non-hydrogen) atoms. The first-order valence-corrected chi connectivity index (χ1v) is 4.76. The van der Waals surface area contributed by atoms with Crippen LogP contribution in [0.4, 0.5) is 13.2 Å². The average molecular weight is 261 g/mol. The molecule has 1 atom stereocenters. The van der Waals surface area contributed by atoms with Crippen molar-refractivity contribution < 1.29 is 27.8 Å². The third kappa shape index (κ3) is 3.07. The van der Waals surface area contributed by atoms with Gasteiger partial charge >= 0.3 is 12.1 Å². The van der Waals surface area contributed by atoms with Crippen LogP contribution >= 0.6 is 0 Å². The lowest BCUT2D eigenvalue weighted by molar-refractivity contribution is -0.141. The number of methoxy groups -OCH3 is 1. The van der Waals surface area contributed by atoms with Crippen molar-refractivity contribution in [2.24, 2.45) is 0 Å². The fourth-order valence-electron chi connectivity index (χ4n) is 1.18. The summed E-state index contributed by atoms with van der Waals surface area (Å²) in [7, 11) is 1.07. The standard InChI is InChI=1S/C11H10F3NO3/c1-6(10(17)18-2)9(16)7-4-3-5-8(15-7)11(12,13)14/h3-5,9,16H,1H2,2H3. The van der Waals surface area contributed by atoms with Crippen molar-refractivity contribution in [3.63, 3.8) is 0 Å². The first-order chi connectivity index (χ1) is 8.27. The second-order valence-electron chi connectivity index (χ2n) is 3.36. The molecule has 0 bridgehead atoms. The number of ether oxygens (including phenoxy) is 1. The molecule has 0 aliphatic heterocycles. The Bertz CT molecular complexity index is 471. The Labute approximate surface area is 101 Å². The number of pyridine rings is 1. The van der Waals surface area contributed by atoms with Crippen molar-refractivity contribution in [1.29, 1.82) is 0 Å². The summed E-state index contributed by atoms with van der Waals surface area (Å²) in [5.74, 6) is -0.915. The zero-order chi connectivity index (χ0) is 13.9. The molecule has 0 aliphatic rings. The average Bonchev–Trinajstić information content (AvgIpc) is 2.35. The molecule has 0 aromatic carbocycles. The lowest BCUT2D eigenvalue weighted by atomic mass is 10.1. The lowest BCUT2D eigenvalue weighted by Crippen LogP contribution is -2.15. The van der Waals surface area contributed by atoms with Crippen molar-refractivity contribution in [3.8, 4) is 0 Å². The number of aliphatic hydroxyl groups is 1. The second kappa shape index (κ2) is 5.18. The highest BCUT2D eigenvalue weighted by molar-refractivity contribution is 5.88. The minimum absolute atomic E-state index is 0.319. The van der Waals surface area contributed by atoms with E-state index in [-0.39, 0.29) is 11.3 Å². The van der Waals surface area contributed by atoms with E-state index in [4.69, 9.17) is 0 Å². The van der Waals surface area contributed by atoms with E-state index in [0.29, 0.717) is 0 Å². The minimum atomic E-state index is -4.62. The summed E-state index contributed by atoms with van der Waals surface area (Å²) in [4.78, 5) is 14.3. The number of halogens is 3. The highest BCUT2D eigenvalue weighted by atomic mass is 19.4. The van der Waals surface area contributed by atoms with E-state index >= 15 is 0 Å². The van der Waals surface area contributed by atoms with E-state index in [2.05, 4.69) is 16.3 Å². The van der Waals surface area contributed by atoms with Gasteiger partial charge in [-0.2, -0.15) is 13.2 Å². The molecule has 0 fully saturated rings. The minimum Gasteiger partial charge on any atom is -0.466 e. The fraction of sp³-hybridized carbons (Fsp3) is 0.273. The predicted molar refractivity (Wildman–Crippen MR) is 55.4 cm³/mol. The van der Waals surface area contributed by atoms with Gasteiger partial charge in [-0.1, -0.05) is 12.6 Å². The summed E-state index contributed by atoms with van der Waals surface area (Å²) in [6.45, 7) is 3.25.